The van der Waals surface area contributed by atoms with Crippen LogP contribution in [0.25, 0.3) is 0 Å². The molecule has 1 aliphatic heterocycles. The maximum Gasteiger partial charge on any atom is 0.317 e. The summed E-state index contributed by atoms with van der Waals surface area (Å²) in [5.41, 5.74) is 0. The number of urea groups is 1. The Kier molecular flexibility index (Phi) is 3.31. The molecule has 2 amide bonds. The Balaban J connectivity index is 2.31. The first-order valence-corrected chi connectivity index (χ1v) is 4.36. The highest BCUT2D eigenvalue weighted by Gasteiger charge is 2.25. The number of carbonyl (C=O) groups is 1. The second kappa shape index (κ2) is 4.28. The van der Waals surface area contributed by atoms with Crippen molar-refractivity contribution in [2.45, 2.75) is 13.3 Å². The summed E-state index contributed by atoms with van der Waals surface area (Å²) in [6.07, 6.45) is 0.799. The molecule has 0 saturated carbocycles. The number of alkyl halides is 1. The van der Waals surface area contributed by atoms with Gasteiger partial charge in [-0.3, -0.25) is 4.39 Å². The number of rotatable bonds is 2. The van der Waals surface area contributed by atoms with Crippen LogP contribution >= 0.6 is 0 Å². The molecule has 4 heteroatoms. The lowest BCUT2D eigenvalue weighted by molar-refractivity contribution is 0.206. The van der Waals surface area contributed by atoms with Crippen molar-refractivity contribution in [2.24, 2.45) is 5.92 Å². The molecule has 1 atom stereocenters. The maximum atomic E-state index is 12.2. The molecular formula is C8H15FN2O. The molecule has 0 spiro atoms. The molecule has 12 heavy (non-hydrogen) atoms. The number of amides is 2. The molecule has 0 aliphatic carbocycles. The van der Waals surface area contributed by atoms with E-state index in [1.54, 1.807) is 4.90 Å². The standard InChI is InChI=1S/C8H15FN2O/c1-2-10-8(12)11-4-3-7(5-9)6-11/h7H,2-6H2,1H3,(H,10,12)/t7-/m0/s1. The van der Waals surface area contributed by atoms with E-state index in [1.165, 1.54) is 0 Å². The highest BCUT2D eigenvalue weighted by molar-refractivity contribution is 5.74. The van der Waals surface area contributed by atoms with Crippen LogP contribution in [0.3, 0.4) is 0 Å². The lowest BCUT2D eigenvalue weighted by Gasteiger charge is -2.15. The van der Waals surface area contributed by atoms with Crippen LogP contribution in [-0.4, -0.2) is 37.2 Å². The minimum absolute atomic E-state index is 0.0616. The van der Waals surface area contributed by atoms with E-state index < -0.39 is 0 Å². The first-order valence-electron chi connectivity index (χ1n) is 4.36. The second-order valence-corrected chi connectivity index (χ2v) is 3.09. The summed E-state index contributed by atoms with van der Waals surface area (Å²) in [5.74, 6) is 0.0626. The van der Waals surface area contributed by atoms with Gasteiger partial charge in [-0.15, -0.1) is 0 Å². The van der Waals surface area contributed by atoms with Crippen LogP contribution in [0.1, 0.15) is 13.3 Å². The number of halogens is 1. The summed E-state index contributed by atoms with van der Waals surface area (Å²) < 4.78 is 12.2. The van der Waals surface area contributed by atoms with Gasteiger partial charge in [-0.1, -0.05) is 0 Å². The highest BCUT2D eigenvalue weighted by Crippen LogP contribution is 2.15. The predicted octanol–water partition coefficient (Wildman–Crippen LogP) is 1.01. The molecular weight excluding hydrogens is 159 g/mol. The van der Waals surface area contributed by atoms with E-state index in [-0.39, 0.29) is 18.6 Å². The van der Waals surface area contributed by atoms with E-state index in [0.717, 1.165) is 6.42 Å². The van der Waals surface area contributed by atoms with Crippen molar-refractivity contribution in [3.05, 3.63) is 0 Å². The van der Waals surface area contributed by atoms with Gasteiger partial charge >= 0.3 is 6.03 Å². The zero-order chi connectivity index (χ0) is 8.97. The number of likely N-dealkylation sites (tertiary alicyclic amines) is 1. The molecule has 3 nitrogen and oxygen atoms in total. The molecule has 0 aromatic carbocycles. The van der Waals surface area contributed by atoms with Crippen LogP contribution in [0, 0.1) is 5.92 Å². The van der Waals surface area contributed by atoms with E-state index in [9.17, 15) is 9.18 Å². The third kappa shape index (κ3) is 2.09. The van der Waals surface area contributed by atoms with Crippen LogP contribution in [-0.2, 0) is 0 Å². The number of hydrogen-bond acceptors (Lipinski definition) is 1. The highest BCUT2D eigenvalue weighted by atomic mass is 19.1. The number of nitrogens with zero attached hydrogens (tertiary/aromatic N) is 1. The zero-order valence-electron chi connectivity index (χ0n) is 7.35. The zero-order valence-corrected chi connectivity index (χ0v) is 7.35. The Morgan fingerprint density at radius 1 is 1.75 bits per heavy atom. The molecule has 0 bridgehead atoms. The van der Waals surface area contributed by atoms with Gasteiger partial charge in [-0.2, -0.15) is 0 Å². The normalized spacial score (nSPS) is 22.8. The molecule has 0 unspecified atom stereocenters. The molecule has 0 aromatic heterocycles. The Hall–Kier alpha value is -0.800. The van der Waals surface area contributed by atoms with Gasteiger partial charge in [-0.25, -0.2) is 4.79 Å². The van der Waals surface area contributed by atoms with Crippen molar-refractivity contribution in [2.75, 3.05) is 26.3 Å². The average molecular weight is 174 g/mol. The summed E-state index contributed by atoms with van der Waals surface area (Å²) in [6, 6.07) is -0.0616. The minimum Gasteiger partial charge on any atom is -0.338 e. The van der Waals surface area contributed by atoms with Crippen molar-refractivity contribution < 1.29 is 9.18 Å². The van der Waals surface area contributed by atoms with Gasteiger partial charge in [0.25, 0.3) is 0 Å². The Morgan fingerprint density at radius 2 is 2.50 bits per heavy atom. The van der Waals surface area contributed by atoms with E-state index >= 15 is 0 Å². The maximum absolute atomic E-state index is 12.2. The predicted molar refractivity (Wildman–Crippen MR) is 44.7 cm³/mol. The van der Waals surface area contributed by atoms with Gasteiger partial charge in [0.05, 0.1) is 6.67 Å². The Labute approximate surface area is 71.9 Å². The molecule has 70 valence electrons. The van der Waals surface area contributed by atoms with E-state index in [1.807, 2.05) is 6.92 Å². The van der Waals surface area contributed by atoms with Crippen molar-refractivity contribution >= 4 is 6.03 Å². The fourth-order valence-corrected chi connectivity index (χ4v) is 1.41. The lowest BCUT2D eigenvalue weighted by atomic mass is 10.1. The number of nitrogens with one attached hydrogen (secondary N) is 1. The fourth-order valence-electron chi connectivity index (χ4n) is 1.41. The molecule has 1 saturated heterocycles. The van der Waals surface area contributed by atoms with Gasteiger partial charge in [0.15, 0.2) is 0 Å². The molecule has 1 N–H and O–H groups in total. The first kappa shape index (κ1) is 9.29. The molecule has 1 fully saturated rings. The largest absolute Gasteiger partial charge is 0.338 e. The second-order valence-electron chi connectivity index (χ2n) is 3.09. The van der Waals surface area contributed by atoms with Crippen molar-refractivity contribution in [1.82, 2.24) is 10.2 Å². The topological polar surface area (TPSA) is 32.3 Å². The quantitative estimate of drug-likeness (QED) is 0.665. The monoisotopic (exact) mass is 174 g/mol. The first-order chi connectivity index (χ1) is 5.77. The molecule has 1 heterocycles. The fraction of sp³-hybridized carbons (Fsp3) is 0.875. The average Bonchev–Trinajstić information content (AvgIpc) is 2.52. The summed E-state index contributed by atoms with van der Waals surface area (Å²) in [4.78, 5) is 12.9. The van der Waals surface area contributed by atoms with Gasteiger partial charge in [0.2, 0.25) is 0 Å². The molecule has 0 radical (unpaired) electrons. The van der Waals surface area contributed by atoms with Gasteiger partial charge in [0, 0.05) is 25.6 Å². The van der Waals surface area contributed by atoms with Gasteiger partial charge in [0.1, 0.15) is 0 Å². The van der Waals surface area contributed by atoms with Crippen LogP contribution in [0.4, 0.5) is 9.18 Å². The van der Waals surface area contributed by atoms with Gasteiger partial charge < -0.3 is 10.2 Å². The van der Waals surface area contributed by atoms with Crippen molar-refractivity contribution in [1.29, 1.82) is 0 Å². The number of hydrogen-bond donors (Lipinski definition) is 1. The Bertz CT molecular complexity index is 163. The smallest absolute Gasteiger partial charge is 0.317 e. The summed E-state index contributed by atoms with van der Waals surface area (Å²) in [7, 11) is 0. The van der Waals surface area contributed by atoms with Crippen LogP contribution < -0.4 is 5.32 Å². The summed E-state index contributed by atoms with van der Waals surface area (Å²) in [6.45, 7) is 3.47. The van der Waals surface area contributed by atoms with Crippen molar-refractivity contribution in [3.63, 3.8) is 0 Å². The minimum atomic E-state index is -0.310. The van der Waals surface area contributed by atoms with Crippen molar-refractivity contribution in [3.8, 4) is 0 Å². The third-order valence-electron chi connectivity index (χ3n) is 2.12. The SMILES string of the molecule is CCNC(=O)N1CC[C@@H](CF)C1. The van der Waals surface area contributed by atoms with E-state index in [0.29, 0.717) is 19.6 Å². The number of carbonyl (C=O) groups excluding carboxylic acids is 1. The third-order valence-corrected chi connectivity index (χ3v) is 2.12. The molecule has 1 aliphatic rings. The van der Waals surface area contributed by atoms with E-state index in [4.69, 9.17) is 0 Å². The van der Waals surface area contributed by atoms with Crippen LogP contribution in [0.2, 0.25) is 0 Å². The summed E-state index contributed by atoms with van der Waals surface area (Å²) >= 11 is 0. The van der Waals surface area contributed by atoms with Gasteiger partial charge in [-0.05, 0) is 13.3 Å². The molecule has 1 rings (SSSR count). The Morgan fingerprint density at radius 3 is 3.00 bits per heavy atom. The van der Waals surface area contributed by atoms with Crippen LogP contribution in [0.5, 0.6) is 0 Å². The molecule has 0 aromatic rings. The lowest BCUT2D eigenvalue weighted by Crippen LogP contribution is -2.38. The van der Waals surface area contributed by atoms with Crippen LogP contribution in [0.15, 0.2) is 0 Å². The van der Waals surface area contributed by atoms with E-state index in [2.05, 4.69) is 5.32 Å². The summed E-state index contributed by atoms with van der Waals surface area (Å²) in [5, 5.41) is 2.70.